The largest absolute Gasteiger partial charge is 0.495 e. The molecule has 1 fully saturated rings. The molecule has 0 unspecified atom stereocenters. The molecule has 1 amide bonds. The van der Waals surface area contributed by atoms with Gasteiger partial charge in [0.1, 0.15) is 22.5 Å². The lowest BCUT2D eigenvalue weighted by Crippen LogP contribution is -2.46. The number of aliphatic hydroxyl groups excluding tert-OH is 1. The van der Waals surface area contributed by atoms with Crippen LogP contribution in [0.3, 0.4) is 0 Å². The predicted molar refractivity (Wildman–Crippen MR) is 171 cm³/mol. The number of hydrogen-bond donors (Lipinski definition) is 3. The van der Waals surface area contributed by atoms with E-state index in [0.717, 1.165) is 64.5 Å². The number of amides is 1. The first-order valence-electron chi connectivity index (χ1n) is 14.1. The highest BCUT2D eigenvalue weighted by Crippen LogP contribution is 2.45. The average Bonchev–Trinajstić information content (AvgIpc) is 3.26. The van der Waals surface area contributed by atoms with Gasteiger partial charge in [0.15, 0.2) is 0 Å². The first-order valence-corrected chi connectivity index (χ1v) is 15.0. The van der Waals surface area contributed by atoms with Gasteiger partial charge < -0.3 is 24.8 Å². The number of methoxy groups -OCH3 is 2. The number of piperazine rings is 1. The molecule has 1 aromatic heterocycles. The number of hydrogen-bond acceptors (Lipinski definition) is 5. The molecule has 8 nitrogen and oxygen atoms in total. The predicted octanol–water partition coefficient (Wildman–Crippen LogP) is 4.99. The molecule has 0 radical (unpaired) electrons. The van der Waals surface area contributed by atoms with Crippen LogP contribution in [-0.2, 0) is 11.3 Å². The van der Waals surface area contributed by atoms with E-state index < -0.39 is 0 Å². The van der Waals surface area contributed by atoms with Crippen molar-refractivity contribution < 1.29 is 23.8 Å². The number of pyridine rings is 1. The molecule has 43 heavy (non-hydrogen) atoms. The van der Waals surface area contributed by atoms with Crippen LogP contribution >= 0.6 is 11.4 Å². The van der Waals surface area contributed by atoms with Crippen LogP contribution in [0.2, 0.25) is 0 Å². The number of nitrogens with zero attached hydrogens (tertiary/aromatic N) is 3. The number of rotatable bonds is 8. The summed E-state index contributed by atoms with van der Waals surface area (Å²) in [6, 6.07) is 12.2. The highest BCUT2D eigenvalue weighted by Gasteiger charge is 2.26. The van der Waals surface area contributed by atoms with Gasteiger partial charge in [0, 0.05) is 45.1 Å². The van der Waals surface area contributed by atoms with Gasteiger partial charge in [0.25, 0.3) is 0 Å². The quantitative estimate of drug-likeness (QED) is 0.247. The fraction of sp³-hybridized carbons (Fsp3) is 0.303. The summed E-state index contributed by atoms with van der Waals surface area (Å²) in [5.41, 5.74) is 5.87. The minimum Gasteiger partial charge on any atom is -0.495 e. The zero-order valence-electron chi connectivity index (χ0n) is 24.9. The monoisotopic (exact) mass is 604 g/mol. The average molecular weight is 605 g/mol. The van der Waals surface area contributed by atoms with E-state index in [1.165, 1.54) is 12.1 Å². The van der Waals surface area contributed by atoms with E-state index in [1.54, 1.807) is 32.7 Å². The van der Waals surface area contributed by atoms with Crippen LogP contribution in [-0.4, -0.2) is 78.4 Å². The van der Waals surface area contributed by atoms with E-state index in [9.17, 15) is 14.3 Å². The summed E-state index contributed by atoms with van der Waals surface area (Å²) in [7, 11) is 5.26. The van der Waals surface area contributed by atoms with E-state index in [2.05, 4.69) is 22.2 Å². The fourth-order valence-electron chi connectivity index (χ4n) is 5.36. The number of aliphatic hydroxyl groups is 1. The van der Waals surface area contributed by atoms with Crippen molar-refractivity contribution in [2.45, 2.75) is 24.8 Å². The number of carbonyl (C=O) groups excluding carboxylic acids is 1. The molecule has 0 spiro atoms. The van der Waals surface area contributed by atoms with Crippen molar-refractivity contribution in [2.24, 2.45) is 0 Å². The van der Waals surface area contributed by atoms with Crippen molar-refractivity contribution in [1.29, 1.82) is 0 Å². The van der Waals surface area contributed by atoms with Crippen LogP contribution in [0.1, 0.15) is 35.6 Å². The van der Waals surface area contributed by atoms with Crippen molar-refractivity contribution in [3.8, 4) is 11.5 Å². The SMILES string of the molecule is COc1cc(/C=C2/C(C)=C(CC(=O)NCc3cccnc3)c3cc(F)ccc32)cc(OC)c1/[SH]=C(\O)N1CCN(C)CC1. The highest BCUT2D eigenvalue weighted by atomic mass is 32.1. The van der Waals surface area contributed by atoms with Crippen molar-refractivity contribution >= 4 is 39.7 Å². The Bertz CT molecular complexity index is 1570. The van der Waals surface area contributed by atoms with E-state index in [0.29, 0.717) is 35.0 Å². The molecule has 0 saturated carbocycles. The number of benzene rings is 2. The Kier molecular flexibility index (Phi) is 9.72. The number of aromatic nitrogens is 1. The van der Waals surface area contributed by atoms with Crippen molar-refractivity contribution in [2.75, 3.05) is 47.4 Å². The number of allylic oxidation sites excluding steroid dienone is 2. The van der Waals surface area contributed by atoms with Gasteiger partial charge in [-0.15, -0.1) is 11.4 Å². The first kappa shape index (κ1) is 30.6. The number of fused-ring (bicyclic) bond motifs is 1. The lowest BCUT2D eigenvalue weighted by molar-refractivity contribution is -0.120. The van der Waals surface area contributed by atoms with Gasteiger partial charge in [-0.1, -0.05) is 12.1 Å². The first-order chi connectivity index (χ1) is 20.8. The molecule has 1 aliphatic heterocycles. The van der Waals surface area contributed by atoms with Gasteiger partial charge >= 0.3 is 0 Å². The Labute approximate surface area is 255 Å². The lowest BCUT2D eigenvalue weighted by atomic mass is 10.0. The zero-order valence-corrected chi connectivity index (χ0v) is 25.7. The molecule has 3 aromatic rings. The molecular formula is C33H37FN4O4S. The maximum absolute atomic E-state index is 14.4. The number of likely N-dealkylation sites (N-methyl/N-ethyl adjacent to an activating group) is 1. The molecule has 2 aliphatic rings. The smallest absolute Gasteiger partial charge is 0.224 e. The molecule has 226 valence electrons. The van der Waals surface area contributed by atoms with Gasteiger partial charge in [0.05, 0.1) is 25.5 Å². The Balaban J connectivity index is 1.46. The third-order valence-electron chi connectivity index (χ3n) is 7.81. The van der Waals surface area contributed by atoms with E-state index in [1.807, 2.05) is 42.2 Å². The number of ether oxygens (including phenoxy) is 2. The van der Waals surface area contributed by atoms with Crippen LogP contribution in [0.4, 0.5) is 4.39 Å². The Morgan fingerprint density at radius 2 is 1.81 bits per heavy atom. The summed E-state index contributed by atoms with van der Waals surface area (Å²) < 4.78 is 25.9. The normalized spacial score (nSPS) is 17.1. The minimum absolute atomic E-state index is 0.117. The summed E-state index contributed by atoms with van der Waals surface area (Å²) in [6.45, 7) is 5.58. The second-order valence-electron chi connectivity index (χ2n) is 10.6. The number of nitrogens with one attached hydrogen (secondary N) is 1. The zero-order chi connectivity index (χ0) is 30.5. The molecular weight excluding hydrogens is 567 g/mol. The molecule has 5 rings (SSSR count). The molecule has 2 heterocycles. The number of carbonyl (C=O) groups is 1. The maximum Gasteiger partial charge on any atom is 0.224 e. The van der Waals surface area contributed by atoms with Crippen LogP contribution in [0.5, 0.6) is 11.5 Å². The van der Waals surface area contributed by atoms with Crippen LogP contribution in [0, 0.1) is 5.82 Å². The van der Waals surface area contributed by atoms with Gasteiger partial charge in [-0.25, -0.2) is 9.29 Å². The summed E-state index contributed by atoms with van der Waals surface area (Å²) >= 11 is 0.595. The topological polar surface area (TPSA) is 87.2 Å². The van der Waals surface area contributed by atoms with Gasteiger partial charge in [-0.3, -0.25) is 9.78 Å². The molecule has 1 saturated heterocycles. The Morgan fingerprint density at radius 3 is 2.47 bits per heavy atom. The van der Waals surface area contributed by atoms with Crippen LogP contribution in [0.15, 0.2) is 65.3 Å². The van der Waals surface area contributed by atoms with Crippen LogP contribution in [0.25, 0.3) is 17.2 Å². The Hall–Kier alpha value is -3.83. The molecule has 1 aliphatic carbocycles. The fourth-order valence-corrected chi connectivity index (χ4v) is 6.43. The second-order valence-corrected chi connectivity index (χ2v) is 11.7. The number of halogens is 1. The van der Waals surface area contributed by atoms with E-state index in [4.69, 9.17) is 9.47 Å². The standard InChI is InChI=1S/C33H37FN4O4S/c1-21-26(25-8-7-24(34)17-28(25)27(21)18-31(39)36-20-22-6-5-9-35-19-22)14-23-15-29(41-3)32(30(16-23)42-4)43-33(40)38-12-10-37(2)11-13-38/h5-9,14-17,19,40,43H,10-13,18,20H2,1-4H3,(H,36,39)/b26-14-. The second kappa shape index (κ2) is 13.6. The summed E-state index contributed by atoms with van der Waals surface area (Å²) in [4.78, 5) is 22.0. The molecule has 0 atom stereocenters. The van der Waals surface area contributed by atoms with Gasteiger partial charge in [-0.2, -0.15) is 0 Å². The summed E-state index contributed by atoms with van der Waals surface area (Å²) in [5, 5.41) is 14.1. The van der Waals surface area contributed by atoms with Gasteiger partial charge in [0.2, 0.25) is 5.91 Å². The Morgan fingerprint density at radius 1 is 1.09 bits per heavy atom. The number of thiol groups is 1. The van der Waals surface area contributed by atoms with Gasteiger partial charge in [-0.05, 0) is 89.4 Å². The lowest BCUT2D eigenvalue weighted by Gasteiger charge is -2.31. The minimum atomic E-state index is -0.357. The third kappa shape index (κ3) is 7.05. The summed E-state index contributed by atoms with van der Waals surface area (Å²) in [5.74, 6) is 0.659. The van der Waals surface area contributed by atoms with Crippen molar-refractivity contribution in [3.05, 3.63) is 88.5 Å². The van der Waals surface area contributed by atoms with Crippen molar-refractivity contribution in [3.63, 3.8) is 0 Å². The molecule has 2 N–H and O–H groups in total. The van der Waals surface area contributed by atoms with Crippen LogP contribution < -0.4 is 14.8 Å². The van der Waals surface area contributed by atoms with E-state index >= 15 is 0 Å². The highest BCUT2D eigenvalue weighted by molar-refractivity contribution is 7.98. The van der Waals surface area contributed by atoms with E-state index in [-0.39, 0.29) is 23.3 Å². The molecule has 0 bridgehead atoms. The maximum atomic E-state index is 14.4. The summed E-state index contributed by atoms with van der Waals surface area (Å²) in [6.07, 6.45) is 5.52. The third-order valence-corrected chi connectivity index (χ3v) is 8.96. The molecule has 10 heteroatoms. The molecule has 2 aromatic carbocycles. The van der Waals surface area contributed by atoms with Crippen molar-refractivity contribution in [1.82, 2.24) is 20.1 Å².